The first-order chi connectivity index (χ1) is 17.3. The average molecular weight is 512 g/mol. The first-order valence-electron chi connectivity index (χ1n) is 11.1. The SMILES string of the molecule is COc1cc(C(=O)NCC(=O)c2ccc(OC)c(-c3ccc(F)c(Cl)c3)n2)ccc1N1CCCC1=O. The highest BCUT2D eigenvalue weighted by atomic mass is 35.5. The third kappa shape index (κ3) is 5.16. The van der Waals surface area contributed by atoms with E-state index in [1.165, 1.54) is 44.6 Å². The molecule has 0 spiro atoms. The van der Waals surface area contributed by atoms with Crippen LogP contribution in [0.4, 0.5) is 10.1 Å². The topological polar surface area (TPSA) is 97.8 Å². The molecule has 10 heteroatoms. The second-order valence-corrected chi connectivity index (χ2v) is 8.42. The number of rotatable bonds is 8. The van der Waals surface area contributed by atoms with Crippen molar-refractivity contribution in [3.63, 3.8) is 0 Å². The molecule has 1 aromatic heterocycles. The Balaban J connectivity index is 1.49. The van der Waals surface area contributed by atoms with Gasteiger partial charge >= 0.3 is 0 Å². The number of carbonyl (C=O) groups excluding carboxylic acids is 3. The molecule has 4 rings (SSSR count). The molecule has 3 aromatic rings. The smallest absolute Gasteiger partial charge is 0.251 e. The van der Waals surface area contributed by atoms with Gasteiger partial charge in [0, 0.05) is 24.1 Å². The molecule has 0 unspecified atom stereocenters. The van der Waals surface area contributed by atoms with E-state index < -0.39 is 17.5 Å². The number of amides is 2. The van der Waals surface area contributed by atoms with E-state index in [-0.39, 0.29) is 28.7 Å². The summed E-state index contributed by atoms with van der Waals surface area (Å²) in [6.45, 7) is 0.284. The van der Waals surface area contributed by atoms with Crippen LogP contribution in [0.1, 0.15) is 33.7 Å². The predicted octanol–water partition coefficient (Wildman–Crippen LogP) is 4.30. The van der Waals surface area contributed by atoms with E-state index in [1.54, 1.807) is 23.1 Å². The third-order valence-electron chi connectivity index (χ3n) is 5.77. The minimum Gasteiger partial charge on any atom is -0.495 e. The molecule has 0 atom stereocenters. The van der Waals surface area contributed by atoms with Gasteiger partial charge in [-0.25, -0.2) is 9.37 Å². The van der Waals surface area contributed by atoms with E-state index >= 15 is 0 Å². The van der Waals surface area contributed by atoms with Gasteiger partial charge in [-0.1, -0.05) is 11.6 Å². The fourth-order valence-electron chi connectivity index (χ4n) is 3.91. The van der Waals surface area contributed by atoms with Gasteiger partial charge < -0.3 is 19.7 Å². The Kier molecular flexibility index (Phi) is 7.49. The van der Waals surface area contributed by atoms with E-state index in [2.05, 4.69) is 10.3 Å². The molecule has 0 radical (unpaired) electrons. The molecule has 0 aliphatic carbocycles. The summed E-state index contributed by atoms with van der Waals surface area (Å²) in [5.41, 5.74) is 1.75. The Bertz CT molecular complexity index is 1350. The number of pyridine rings is 1. The van der Waals surface area contributed by atoms with Gasteiger partial charge in [0.05, 0.1) is 31.5 Å². The fourth-order valence-corrected chi connectivity index (χ4v) is 4.10. The van der Waals surface area contributed by atoms with Crippen molar-refractivity contribution in [2.24, 2.45) is 0 Å². The molecular formula is C26H23ClFN3O5. The normalized spacial score (nSPS) is 13.0. The molecule has 1 aliphatic heterocycles. The lowest BCUT2D eigenvalue weighted by Gasteiger charge is -2.19. The second kappa shape index (κ2) is 10.7. The number of halogens is 2. The van der Waals surface area contributed by atoms with Crippen LogP contribution >= 0.6 is 11.6 Å². The molecule has 2 amide bonds. The number of aromatic nitrogens is 1. The lowest BCUT2D eigenvalue weighted by molar-refractivity contribution is -0.117. The van der Waals surface area contributed by atoms with Crippen molar-refractivity contribution >= 4 is 34.9 Å². The number of hydrogen-bond donors (Lipinski definition) is 1. The van der Waals surface area contributed by atoms with E-state index in [9.17, 15) is 18.8 Å². The van der Waals surface area contributed by atoms with Crippen molar-refractivity contribution < 1.29 is 28.2 Å². The van der Waals surface area contributed by atoms with Crippen molar-refractivity contribution in [2.75, 3.05) is 32.2 Å². The number of carbonyl (C=O) groups is 3. The molecule has 186 valence electrons. The lowest BCUT2D eigenvalue weighted by atomic mass is 10.1. The maximum atomic E-state index is 13.6. The minimum absolute atomic E-state index is 0.00497. The summed E-state index contributed by atoms with van der Waals surface area (Å²) in [7, 11) is 2.92. The molecule has 2 heterocycles. The quantitative estimate of drug-likeness (QED) is 0.453. The Hall–Kier alpha value is -3.98. The molecule has 0 bridgehead atoms. The van der Waals surface area contributed by atoms with E-state index in [0.717, 1.165) is 6.42 Å². The number of ketones is 1. The molecule has 1 N–H and O–H groups in total. The van der Waals surface area contributed by atoms with Crippen molar-refractivity contribution in [2.45, 2.75) is 12.8 Å². The van der Waals surface area contributed by atoms with Crippen LogP contribution in [0.15, 0.2) is 48.5 Å². The molecule has 1 saturated heterocycles. The number of Topliss-reactive ketones (excluding diaryl/α,β-unsaturated/α-hetero) is 1. The van der Waals surface area contributed by atoms with Crippen molar-refractivity contribution in [1.82, 2.24) is 10.3 Å². The molecular weight excluding hydrogens is 489 g/mol. The summed E-state index contributed by atoms with van der Waals surface area (Å²) >= 11 is 5.89. The highest BCUT2D eigenvalue weighted by molar-refractivity contribution is 6.31. The van der Waals surface area contributed by atoms with Crippen LogP contribution in [0.2, 0.25) is 5.02 Å². The fraction of sp³-hybridized carbons (Fsp3) is 0.231. The second-order valence-electron chi connectivity index (χ2n) is 8.02. The summed E-state index contributed by atoms with van der Waals surface area (Å²) in [5.74, 6) is -0.728. The Morgan fingerprint density at radius 1 is 1.08 bits per heavy atom. The number of ether oxygens (including phenoxy) is 2. The monoisotopic (exact) mass is 511 g/mol. The van der Waals surface area contributed by atoms with Crippen molar-refractivity contribution in [3.05, 3.63) is 70.6 Å². The Morgan fingerprint density at radius 2 is 1.86 bits per heavy atom. The number of benzene rings is 2. The maximum Gasteiger partial charge on any atom is 0.251 e. The van der Waals surface area contributed by atoms with E-state index in [4.69, 9.17) is 21.1 Å². The third-order valence-corrected chi connectivity index (χ3v) is 6.06. The van der Waals surface area contributed by atoms with Crippen molar-refractivity contribution in [1.29, 1.82) is 0 Å². The van der Waals surface area contributed by atoms with E-state index in [1.807, 2.05) is 0 Å². The summed E-state index contributed by atoms with van der Waals surface area (Å²) in [6, 6.07) is 11.9. The van der Waals surface area contributed by atoms with Gasteiger partial charge in [-0.15, -0.1) is 0 Å². The Labute approximate surface area is 212 Å². The lowest BCUT2D eigenvalue weighted by Crippen LogP contribution is -2.30. The number of anilines is 1. The van der Waals surface area contributed by atoms with E-state index in [0.29, 0.717) is 41.4 Å². The molecule has 2 aromatic carbocycles. The molecule has 1 fully saturated rings. The first-order valence-corrected chi connectivity index (χ1v) is 11.5. The number of methoxy groups -OCH3 is 2. The zero-order chi connectivity index (χ0) is 25.8. The predicted molar refractivity (Wildman–Crippen MR) is 132 cm³/mol. The molecule has 8 nitrogen and oxygen atoms in total. The van der Waals surface area contributed by atoms with Gasteiger partial charge in [-0.05, 0) is 55.0 Å². The van der Waals surface area contributed by atoms with Crippen LogP contribution in [0.25, 0.3) is 11.3 Å². The largest absolute Gasteiger partial charge is 0.495 e. The van der Waals surface area contributed by atoms with Crippen LogP contribution in [-0.2, 0) is 4.79 Å². The highest BCUT2D eigenvalue weighted by Gasteiger charge is 2.25. The van der Waals surface area contributed by atoms with Gasteiger partial charge in [0.2, 0.25) is 5.91 Å². The number of hydrogen-bond acceptors (Lipinski definition) is 6. The van der Waals surface area contributed by atoms with Crippen LogP contribution in [0.5, 0.6) is 11.5 Å². The van der Waals surface area contributed by atoms with Crippen LogP contribution in [0, 0.1) is 5.82 Å². The zero-order valence-electron chi connectivity index (χ0n) is 19.6. The highest BCUT2D eigenvalue weighted by Crippen LogP contribution is 2.33. The summed E-state index contributed by atoms with van der Waals surface area (Å²) in [5, 5.41) is 2.50. The summed E-state index contributed by atoms with van der Waals surface area (Å²) in [4.78, 5) is 43.6. The Morgan fingerprint density at radius 3 is 2.53 bits per heavy atom. The number of nitrogens with zero attached hydrogens (tertiary/aromatic N) is 2. The summed E-state index contributed by atoms with van der Waals surface area (Å²) < 4.78 is 24.3. The standard InChI is InChI=1S/C26H23ClFN3O5/c1-35-22-10-8-19(30-25(22)15-5-7-18(28)17(27)12-15)21(32)14-29-26(34)16-6-9-20(23(13-16)36-2)31-11-3-4-24(31)33/h5-10,12-13H,3-4,11,14H2,1-2H3,(H,29,34). The van der Waals surface area contributed by atoms with Gasteiger partial charge in [0.25, 0.3) is 5.91 Å². The van der Waals surface area contributed by atoms with Crippen molar-refractivity contribution in [3.8, 4) is 22.8 Å². The van der Waals surface area contributed by atoms with Gasteiger partial charge in [-0.3, -0.25) is 14.4 Å². The zero-order valence-corrected chi connectivity index (χ0v) is 20.4. The van der Waals surface area contributed by atoms with Crippen LogP contribution in [-0.4, -0.2) is 49.9 Å². The van der Waals surface area contributed by atoms with Crippen LogP contribution in [0.3, 0.4) is 0 Å². The summed E-state index contributed by atoms with van der Waals surface area (Å²) in [6.07, 6.45) is 1.24. The average Bonchev–Trinajstić information content (AvgIpc) is 3.33. The minimum atomic E-state index is -0.578. The van der Waals surface area contributed by atoms with Crippen LogP contribution < -0.4 is 19.7 Å². The molecule has 36 heavy (non-hydrogen) atoms. The maximum absolute atomic E-state index is 13.6. The number of nitrogens with one attached hydrogen (secondary N) is 1. The first kappa shape index (κ1) is 25.1. The molecule has 0 saturated carbocycles. The van der Waals surface area contributed by atoms with Gasteiger partial charge in [0.1, 0.15) is 28.7 Å². The van der Waals surface area contributed by atoms with Gasteiger partial charge in [0.15, 0.2) is 5.78 Å². The van der Waals surface area contributed by atoms with Gasteiger partial charge in [-0.2, -0.15) is 0 Å². The molecule has 1 aliphatic rings.